The minimum absolute atomic E-state index is 0.343. The number of hydrogen-bond acceptors (Lipinski definition) is 1. The Bertz CT molecular complexity index is 313. The third-order valence-corrected chi connectivity index (χ3v) is 8.35. The summed E-state index contributed by atoms with van der Waals surface area (Å²) in [6, 6.07) is 0. The Morgan fingerprint density at radius 3 is 1.15 bits per heavy atom. The van der Waals surface area contributed by atoms with Crippen LogP contribution in [0, 0.1) is 0 Å². The third kappa shape index (κ3) is 11.3. The molecule has 0 atom stereocenters. The first-order chi connectivity index (χ1) is 12.2. The van der Waals surface area contributed by atoms with Crippen LogP contribution in [-0.4, -0.2) is 43.3 Å². The summed E-state index contributed by atoms with van der Waals surface area (Å²) in [6.07, 6.45) is 11.5. The molecular formula is C18H30Cl6O2. The van der Waals surface area contributed by atoms with Crippen LogP contribution in [-0.2, 0) is 4.79 Å². The minimum Gasteiger partial charge on any atom is -0.481 e. The first-order valence-corrected chi connectivity index (χ1v) is 11.9. The molecule has 0 radical (unpaired) electrons. The van der Waals surface area contributed by atoms with E-state index in [0.29, 0.717) is 6.42 Å². The van der Waals surface area contributed by atoms with Gasteiger partial charge in [-0.3, -0.25) is 4.79 Å². The second-order valence-corrected chi connectivity index (χ2v) is 9.66. The monoisotopic (exact) mass is 488 g/mol. The molecule has 0 spiro atoms. The van der Waals surface area contributed by atoms with Crippen molar-refractivity contribution in [3.63, 3.8) is 0 Å². The van der Waals surface area contributed by atoms with Crippen molar-refractivity contribution in [3.8, 4) is 0 Å². The fraction of sp³-hybridized carbons (Fsp3) is 0.944. The number of carbonyl (C=O) groups is 1. The van der Waals surface area contributed by atoms with Gasteiger partial charge in [0.15, 0.2) is 0 Å². The van der Waals surface area contributed by atoms with Crippen LogP contribution in [0.15, 0.2) is 0 Å². The molecule has 156 valence electrons. The van der Waals surface area contributed by atoms with Crippen LogP contribution >= 0.6 is 69.6 Å². The van der Waals surface area contributed by atoms with Gasteiger partial charge in [0.2, 0.25) is 0 Å². The molecule has 0 aliphatic heterocycles. The molecule has 1 aliphatic carbocycles. The smallest absolute Gasteiger partial charge is 0.303 e. The first kappa shape index (κ1) is 27.2. The lowest BCUT2D eigenvalue weighted by atomic mass is 9.97. The number of aliphatic carboxylic acids is 1. The van der Waals surface area contributed by atoms with Gasteiger partial charge in [-0.05, 0) is 6.42 Å². The van der Waals surface area contributed by atoms with Crippen LogP contribution in [0.5, 0.6) is 0 Å². The summed E-state index contributed by atoms with van der Waals surface area (Å²) in [6.45, 7) is 2.23. The molecule has 26 heavy (non-hydrogen) atoms. The summed E-state index contributed by atoms with van der Waals surface area (Å²) in [4.78, 5) is 10.2. The summed E-state index contributed by atoms with van der Waals surface area (Å²) < 4.78 is 0. The number of hydrogen-bond donors (Lipinski definition) is 1. The molecule has 0 aromatic carbocycles. The van der Waals surface area contributed by atoms with E-state index in [1.165, 1.54) is 44.9 Å². The lowest BCUT2D eigenvalue weighted by Gasteiger charge is -2.37. The first-order valence-electron chi connectivity index (χ1n) is 9.30. The predicted molar refractivity (Wildman–Crippen MR) is 117 cm³/mol. The summed E-state index contributed by atoms with van der Waals surface area (Å²) in [7, 11) is 0. The number of halogens is 6. The number of carboxylic acids is 1. The van der Waals surface area contributed by atoms with Gasteiger partial charge in [0.05, 0.1) is 32.3 Å². The van der Waals surface area contributed by atoms with E-state index in [2.05, 4.69) is 6.92 Å². The van der Waals surface area contributed by atoms with Crippen molar-refractivity contribution in [2.24, 2.45) is 0 Å². The molecule has 1 rings (SSSR count). The fourth-order valence-electron chi connectivity index (χ4n) is 2.64. The third-order valence-electron chi connectivity index (χ3n) is 4.32. The highest BCUT2D eigenvalue weighted by atomic mass is 35.5. The quantitative estimate of drug-likeness (QED) is 0.252. The second-order valence-electron chi connectivity index (χ2n) is 6.64. The van der Waals surface area contributed by atoms with Crippen LogP contribution in [0.1, 0.15) is 71.1 Å². The number of carboxylic acid groups (broad SMARTS) is 1. The molecule has 2 nitrogen and oxygen atoms in total. The van der Waals surface area contributed by atoms with Crippen LogP contribution < -0.4 is 0 Å². The number of alkyl halides is 6. The van der Waals surface area contributed by atoms with Gasteiger partial charge in [-0.15, -0.1) is 69.6 Å². The molecule has 1 fully saturated rings. The number of unbranched alkanes of at least 4 members (excludes halogenated alkanes) is 8. The molecule has 0 bridgehead atoms. The van der Waals surface area contributed by atoms with Gasteiger partial charge < -0.3 is 5.11 Å². The van der Waals surface area contributed by atoms with E-state index in [0.717, 1.165) is 12.8 Å². The van der Waals surface area contributed by atoms with E-state index < -0.39 is 38.2 Å². The predicted octanol–water partition coefficient (Wildman–Crippen LogP) is 7.64. The van der Waals surface area contributed by atoms with Crippen molar-refractivity contribution in [1.29, 1.82) is 0 Å². The van der Waals surface area contributed by atoms with Gasteiger partial charge in [-0.25, -0.2) is 0 Å². The van der Waals surface area contributed by atoms with E-state index in [9.17, 15) is 4.79 Å². The van der Waals surface area contributed by atoms with Crippen LogP contribution in [0.4, 0.5) is 0 Å². The topological polar surface area (TPSA) is 37.3 Å². The zero-order chi connectivity index (χ0) is 20.1. The van der Waals surface area contributed by atoms with Crippen molar-refractivity contribution in [2.75, 3.05) is 0 Å². The van der Waals surface area contributed by atoms with E-state index >= 15 is 0 Å². The molecule has 0 aromatic rings. The maximum Gasteiger partial charge on any atom is 0.303 e. The lowest BCUT2D eigenvalue weighted by Crippen LogP contribution is -2.52. The van der Waals surface area contributed by atoms with Gasteiger partial charge in [-0.2, -0.15) is 0 Å². The molecule has 1 N–H and O–H groups in total. The van der Waals surface area contributed by atoms with E-state index in [1.54, 1.807) is 0 Å². The Hall–Kier alpha value is 1.21. The molecule has 8 heteroatoms. The summed E-state index contributed by atoms with van der Waals surface area (Å²) in [5.74, 6) is -0.659. The second kappa shape index (κ2) is 16.1. The van der Waals surface area contributed by atoms with Gasteiger partial charge in [-0.1, -0.05) is 58.3 Å². The Balaban J connectivity index is 0.000000485. The minimum atomic E-state index is -0.659. The maximum absolute atomic E-state index is 10.2. The fourth-order valence-corrected chi connectivity index (χ4v) is 4.97. The van der Waals surface area contributed by atoms with Crippen molar-refractivity contribution < 1.29 is 9.90 Å². The van der Waals surface area contributed by atoms with E-state index in [1.807, 2.05) is 0 Å². The molecule has 1 saturated carbocycles. The highest BCUT2D eigenvalue weighted by Gasteiger charge is 2.46. The van der Waals surface area contributed by atoms with E-state index in [-0.39, 0.29) is 0 Å². The highest BCUT2D eigenvalue weighted by molar-refractivity contribution is 6.45. The summed E-state index contributed by atoms with van der Waals surface area (Å²) >= 11 is 35.3. The molecule has 1 aliphatic rings. The molecule has 0 unspecified atom stereocenters. The average molecular weight is 491 g/mol. The zero-order valence-electron chi connectivity index (χ0n) is 15.2. The highest BCUT2D eigenvalue weighted by Crippen LogP contribution is 2.39. The Morgan fingerprint density at radius 1 is 0.615 bits per heavy atom. The average Bonchev–Trinajstić information content (AvgIpc) is 2.62. The van der Waals surface area contributed by atoms with Gasteiger partial charge in [0.25, 0.3) is 0 Å². The molecule has 0 amide bonds. The summed E-state index contributed by atoms with van der Waals surface area (Å²) in [5.41, 5.74) is 0. The zero-order valence-corrected chi connectivity index (χ0v) is 19.7. The van der Waals surface area contributed by atoms with Crippen molar-refractivity contribution >= 4 is 75.6 Å². The van der Waals surface area contributed by atoms with Gasteiger partial charge in [0, 0.05) is 6.42 Å². The Labute approximate surface area is 188 Å². The number of rotatable bonds is 10. The molecule has 0 heterocycles. The largest absolute Gasteiger partial charge is 0.481 e. The van der Waals surface area contributed by atoms with Crippen LogP contribution in [0.3, 0.4) is 0 Å². The lowest BCUT2D eigenvalue weighted by molar-refractivity contribution is -0.137. The molecular weight excluding hydrogens is 461 g/mol. The SMILES string of the molecule is CCCCCCCCCCCC(=O)O.ClC1C(Cl)C(Cl)C(Cl)C(Cl)C1Cl. The van der Waals surface area contributed by atoms with Gasteiger partial charge >= 0.3 is 5.97 Å². The van der Waals surface area contributed by atoms with E-state index in [4.69, 9.17) is 74.7 Å². The Kier molecular flexibility index (Phi) is 16.8. The molecule has 0 saturated heterocycles. The summed E-state index contributed by atoms with van der Waals surface area (Å²) in [5, 5.41) is 5.79. The molecule has 0 aromatic heterocycles. The van der Waals surface area contributed by atoms with Crippen molar-refractivity contribution in [1.82, 2.24) is 0 Å². The van der Waals surface area contributed by atoms with Gasteiger partial charge in [0.1, 0.15) is 0 Å². The normalized spacial score (nSPS) is 31.2. The van der Waals surface area contributed by atoms with Crippen molar-refractivity contribution in [3.05, 3.63) is 0 Å². The maximum atomic E-state index is 10.2. The van der Waals surface area contributed by atoms with Crippen LogP contribution in [0.2, 0.25) is 0 Å². The Morgan fingerprint density at radius 2 is 0.885 bits per heavy atom. The van der Waals surface area contributed by atoms with Crippen molar-refractivity contribution in [2.45, 2.75) is 103 Å². The standard InChI is InChI=1S/C12H24O2.C6H6Cl6/c1-2-3-4-5-6-7-8-9-10-11-12(13)14;7-1-2(8)4(10)6(12)5(11)3(1)9/h2-11H2,1H3,(H,13,14);1-6H. The van der Waals surface area contributed by atoms with Crippen LogP contribution in [0.25, 0.3) is 0 Å².